The first kappa shape index (κ1) is 33.8. The van der Waals surface area contributed by atoms with Gasteiger partial charge in [-0.25, -0.2) is 13.2 Å². The van der Waals surface area contributed by atoms with Gasteiger partial charge in [0.05, 0.1) is 27.8 Å². The molecular formula is C28H20Cl3F6N3O3S. The van der Waals surface area contributed by atoms with E-state index in [4.69, 9.17) is 34.8 Å². The molecule has 1 aliphatic carbocycles. The summed E-state index contributed by atoms with van der Waals surface area (Å²) >= 11 is 20.0. The number of alkyl halides is 5. The minimum Gasteiger partial charge on any atom is -0.326 e. The van der Waals surface area contributed by atoms with E-state index in [2.05, 4.69) is 16.0 Å². The number of halogens is 9. The zero-order chi connectivity index (χ0) is 32.6. The van der Waals surface area contributed by atoms with Crippen molar-refractivity contribution in [3.63, 3.8) is 0 Å². The van der Waals surface area contributed by atoms with Crippen LogP contribution in [0.25, 0.3) is 0 Å². The number of anilines is 3. The largest absolute Gasteiger partial charge is 0.419 e. The second kappa shape index (κ2) is 13.1. The molecule has 1 unspecified atom stereocenters. The van der Waals surface area contributed by atoms with Gasteiger partial charge < -0.3 is 16.0 Å². The van der Waals surface area contributed by atoms with Gasteiger partial charge in [0.2, 0.25) is 11.8 Å². The van der Waals surface area contributed by atoms with E-state index in [9.17, 15) is 36.3 Å². The fraction of sp³-hybridized carbons (Fsp3) is 0.250. The number of nitrogens with one attached hydrogen (secondary N) is 3. The van der Waals surface area contributed by atoms with Gasteiger partial charge in [0, 0.05) is 23.8 Å². The van der Waals surface area contributed by atoms with Crippen molar-refractivity contribution < 1.29 is 40.7 Å². The molecule has 1 saturated carbocycles. The van der Waals surface area contributed by atoms with E-state index < -0.39 is 74.5 Å². The van der Waals surface area contributed by atoms with Gasteiger partial charge in [0.25, 0.3) is 5.91 Å². The molecule has 1 fully saturated rings. The Kier molecular flexibility index (Phi) is 10.0. The lowest BCUT2D eigenvalue weighted by atomic mass is 10.0. The Morgan fingerprint density at radius 3 is 2.27 bits per heavy atom. The van der Waals surface area contributed by atoms with Gasteiger partial charge in [-0.15, -0.1) is 23.2 Å². The number of thioether (sulfide) groups is 1. The van der Waals surface area contributed by atoms with Crippen LogP contribution >= 0.6 is 46.6 Å². The van der Waals surface area contributed by atoms with Crippen LogP contribution in [0.1, 0.15) is 33.8 Å². The second-order valence-electron chi connectivity index (χ2n) is 9.58. The topological polar surface area (TPSA) is 87.3 Å². The number of amides is 3. The summed E-state index contributed by atoms with van der Waals surface area (Å²) in [5.41, 5.74) is -3.13. The first-order valence-corrected chi connectivity index (χ1v) is 15.0. The van der Waals surface area contributed by atoms with E-state index in [1.165, 1.54) is 23.9 Å². The summed E-state index contributed by atoms with van der Waals surface area (Å²) in [6.45, 7) is 0. The van der Waals surface area contributed by atoms with Crippen LogP contribution in [0.4, 0.5) is 43.4 Å². The first-order valence-electron chi connectivity index (χ1n) is 12.5. The Morgan fingerprint density at radius 2 is 1.61 bits per heavy atom. The summed E-state index contributed by atoms with van der Waals surface area (Å²) < 4.78 is 80.8. The quantitative estimate of drug-likeness (QED) is 0.155. The molecule has 2 atom stereocenters. The predicted molar refractivity (Wildman–Crippen MR) is 158 cm³/mol. The van der Waals surface area contributed by atoms with E-state index in [0.717, 1.165) is 24.3 Å². The maximum Gasteiger partial charge on any atom is 0.419 e. The fourth-order valence-electron chi connectivity index (χ4n) is 4.37. The van der Waals surface area contributed by atoms with Gasteiger partial charge in [-0.3, -0.25) is 14.4 Å². The highest BCUT2D eigenvalue weighted by molar-refractivity contribution is 7.98. The molecule has 3 aromatic rings. The summed E-state index contributed by atoms with van der Waals surface area (Å²) in [6.07, 6.45) is -3.24. The van der Waals surface area contributed by atoms with Crippen LogP contribution in [0.2, 0.25) is 5.02 Å². The number of rotatable bonds is 9. The normalized spacial score (nSPS) is 17.1. The van der Waals surface area contributed by atoms with Gasteiger partial charge >= 0.3 is 6.18 Å². The third kappa shape index (κ3) is 7.22. The summed E-state index contributed by atoms with van der Waals surface area (Å²) in [4.78, 5) is 38.0. The van der Waals surface area contributed by atoms with Crippen LogP contribution < -0.4 is 16.0 Å². The van der Waals surface area contributed by atoms with Crippen LogP contribution in [0.3, 0.4) is 0 Å². The molecule has 6 nitrogen and oxygen atoms in total. The molecule has 3 amide bonds. The van der Waals surface area contributed by atoms with Gasteiger partial charge in [-0.1, -0.05) is 17.7 Å². The fourth-order valence-corrected chi connectivity index (χ4v) is 5.79. The Bertz CT molecular complexity index is 1640. The molecule has 0 radical (unpaired) electrons. The van der Waals surface area contributed by atoms with E-state index in [0.29, 0.717) is 17.9 Å². The van der Waals surface area contributed by atoms with E-state index in [-0.39, 0.29) is 28.3 Å². The Morgan fingerprint density at radius 1 is 0.932 bits per heavy atom. The molecule has 16 heteroatoms. The van der Waals surface area contributed by atoms with Crippen LogP contribution in [0.15, 0.2) is 48.5 Å². The second-order valence-corrected chi connectivity index (χ2v) is 12.4. The summed E-state index contributed by atoms with van der Waals surface area (Å²) in [5, 5.41) is 6.70. The Labute approximate surface area is 265 Å². The smallest absolute Gasteiger partial charge is 0.326 e. The highest BCUT2D eigenvalue weighted by Crippen LogP contribution is 2.65. The zero-order valence-corrected chi connectivity index (χ0v) is 25.3. The van der Waals surface area contributed by atoms with Crippen LogP contribution in [0, 0.1) is 23.4 Å². The first-order chi connectivity index (χ1) is 20.6. The number of hydrogen-bond acceptors (Lipinski definition) is 4. The number of carbonyl (C=O) groups is 3. The number of benzene rings is 3. The molecule has 234 valence electrons. The molecule has 44 heavy (non-hydrogen) atoms. The van der Waals surface area contributed by atoms with Crippen molar-refractivity contribution in [2.75, 3.05) is 28.0 Å². The minimum absolute atomic E-state index is 0.000586. The SMILES string of the molecule is CSCCC(=O)Nc1c(F)ccc(NC(=O)c2cc(NC(=O)C3[C@H](c4ccc(F)c(C(F)(F)F)c4)C3(Cl)Cl)ccc2Cl)c1F. The lowest BCUT2D eigenvalue weighted by molar-refractivity contribution is -0.140. The van der Waals surface area contributed by atoms with Crippen LogP contribution in [0.5, 0.6) is 0 Å². The minimum atomic E-state index is -4.99. The third-order valence-electron chi connectivity index (χ3n) is 6.61. The maximum atomic E-state index is 15.0. The Balaban J connectivity index is 1.51. The maximum absolute atomic E-state index is 15.0. The predicted octanol–water partition coefficient (Wildman–Crippen LogP) is 8.25. The lowest BCUT2D eigenvalue weighted by Crippen LogP contribution is -2.19. The van der Waals surface area contributed by atoms with E-state index in [1.54, 1.807) is 6.26 Å². The van der Waals surface area contributed by atoms with E-state index >= 15 is 4.39 Å². The Hall–Kier alpha value is -3.13. The van der Waals surface area contributed by atoms with Crippen molar-refractivity contribution in [1.82, 2.24) is 0 Å². The van der Waals surface area contributed by atoms with Gasteiger partial charge in [0.15, 0.2) is 5.82 Å². The molecule has 4 rings (SSSR count). The summed E-state index contributed by atoms with van der Waals surface area (Å²) in [7, 11) is 0. The van der Waals surface area contributed by atoms with Crippen LogP contribution in [-0.4, -0.2) is 34.1 Å². The van der Waals surface area contributed by atoms with Crippen molar-refractivity contribution >= 4 is 81.3 Å². The van der Waals surface area contributed by atoms with Crippen molar-refractivity contribution in [1.29, 1.82) is 0 Å². The molecule has 0 aliphatic heterocycles. The number of carbonyl (C=O) groups excluding carboxylic acids is 3. The summed E-state index contributed by atoms with van der Waals surface area (Å²) in [6, 6.07) is 7.63. The molecular weight excluding hydrogens is 679 g/mol. The molecule has 0 bridgehead atoms. The van der Waals surface area contributed by atoms with E-state index in [1.807, 2.05) is 0 Å². The van der Waals surface area contributed by atoms with Crippen molar-refractivity contribution in [2.24, 2.45) is 5.92 Å². The zero-order valence-electron chi connectivity index (χ0n) is 22.2. The standard InChI is InChI=1S/C28H20Cl3F6N3O3S/c1-44-9-8-20(41)40-24-18(33)6-7-19(23(24)34)39-25(42)14-11-13(3-4-16(14)29)38-26(43)22-21(27(22,30)31)12-2-5-17(32)15(10-12)28(35,36)37/h2-7,10-11,21-22H,8-9H2,1H3,(H,38,43)(H,39,42)(H,40,41)/t21-,22?/m0/s1. The van der Waals surface area contributed by atoms with Crippen molar-refractivity contribution in [2.45, 2.75) is 22.8 Å². The molecule has 1 aliphatic rings. The molecule has 0 aromatic heterocycles. The summed E-state index contributed by atoms with van der Waals surface area (Å²) in [5.74, 6) is -8.17. The van der Waals surface area contributed by atoms with Gasteiger partial charge in [0.1, 0.15) is 21.7 Å². The molecule has 0 saturated heterocycles. The third-order valence-corrected chi connectivity index (χ3v) is 8.49. The molecule has 3 aromatic carbocycles. The number of hydrogen-bond donors (Lipinski definition) is 3. The highest BCUT2D eigenvalue weighted by atomic mass is 35.5. The van der Waals surface area contributed by atoms with Crippen molar-refractivity contribution in [3.05, 3.63) is 87.7 Å². The monoisotopic (exact) mass is 697 g/mol. The molecule has 3 N–H and O–H groups in total. The highest BCUT2D eigenvalue weighted by Gasteiger charge is 2.67. The van der Waals surface area contributed by atoms with Gasteiger partial charge in [-0.2, -0.15) is 24.9 Å². The molecule has 0 spiro atoms. The average molecular weight is 699 g/mol. The lowest BCUT2D eigenvalue weighted by Gasteiger charge is -2.13. The van der Waals surface area contributed by atoms with Gasteiger partial charge in [-0.05, 0) is 54.3 Å². The average Bonchev–Trinajstić information content (AvgIpc) is 3.53. The van der Waals surface area contributed by atoms with Crippen molar-refractivity contribution in [3.8, 4) is 0 Å². The van der Waals surface area contributed by atoms with Crippen LogP contribution in [-0.2, 0) is 15.8 Å². The molecule has 0 heterocycles.